The van der Waals surface area contributed by atoms with E-state index in [0.29, 0.717) is 19.7 Å². The van der Waals surface area contributed by atoms with Gasteiger partial charge in [-0.25, -0.2) is 4.79 Å². The number of nitrogens with zero attached hydrogens (tertiary/aromatic N) is 1. The Morgan fingerprint density at radius 1 is 1.47 bits per heavy atom. The molecule has 1 heterocycles. The van der Waals surface area contributed by atoms with Crippen LogP contribution in [-0.4, -0.2) is 43.4 Å². The second-order valence-corrected chi connectivity index (χ2v) is 5.37. The summed E-state index contributed by atoms with van der Waals surface area (Å²) >= 11 is 0. The summed E-state index contributed by atoms with van der Waals surface area (Å²) in [4.78, 5) is 13.5. The van der Waals surface area contributed by atoms with E-state index in [1.54, 1.807) is 12.0 Å². The van der Waals surface area contributed by atoms with E-state index in [9.17, 15) is 4.79 Å². The number of terminal acetylenes is 1. The van der Waals surface area contributed by atoms with Crippen molar-refractivity contribution in [1.82, 2.24) is 4.90 Å². The zero-order valence-electron chi connectivity index (χ0n) is 11.0. The largest absolute Gasteiger partial charge is 0.444 e. The van der Waals surface area contributed by atoms with Crippen molar-refractivity contribution < 1.29 is 14.3 Å². The highest BCUT2D eigenvalue weighted by molar-refractivity contribution is 5.68. The second-order valence-electron chi connectivity index (χ2n) is 5.37. The van der Waals surface area contributed by atoms with Gasteiger partial charge in [0, 0.05) is 32.0 Å². The van der Waals surface area contributed by atoms with Crippen LogP contribution in [0.5, 0.6) is 0 Å². The molecule has 0 bridgehead atoms. The van der Waals surface area contributed by atoms with Crippen LogP contribution < -0.4 is 0 Å². The van der Waals surface area contributed by atoms with Crippen LogP contribution >= 0.6 is 0 Å². The summed E-state index contributed by atoms with van der Waals surface area (Å²) in [6.07, 6.45) is 5.16. The summed E-state index contributed by atoms with van der Waals surface area (Å²) in [5.74, 6) is 2.98. The first-order valence-electron chi connectivity index (χ1n) is 5.80. The lowest BCUT2D eigenvalue weighted by Gasteiger charge is -2.24. The number of methoxy groups -OCH3 is 1. The molecule has 1 fully saturated rings. The third-order valence-corrected chi connectivity index (χ3v) is 2.69. The number of hydrogen-bond acceptors (Lipinski definition) is 3. The van der Waals surface area contributed by atoms with Gasteiger partial charge < -0.3 is 14.4 Å². The Labute approximate surface area is 103 Å². The monoisotopic (exact) mass is 239 g/mol. The molecule has 1 amide bonds. The second kappa shape index (κ2) is 5.42. The molecule has 4 nitrogen and oxygen atoms in total. The lowest BCUT2D eigenvalue weighted by Crippen LogP contribution is -2.35. The molecule has 0 N–H and O–H groups in total. The summed E-state index contributed by atoms with van der Waals surface area (Å²) in [5, 5.41) is 0. The molecule has 1 aliphatic rings. The van der Waals surface area contributed by atoms with Gasteiger partial charge in [-0.05, 0) is 20.8 Å². The molecule has 0 aromatic rings. The van der Waals surface area contributed by atoms with Gasteiger partial charge in [0.1, 0.15) is 5.60 Å². The van der Waals surface area contributed by atoms with Crippen molar-refractivity contribution in [2.45, 2.75) is 26.4 Å². The predicted octanol–water partition coefficient (Wildman–Crippen LogP) is 1.75. The Balaban J connectivity index is 2.58. The van der Waals surface area contributed by atoms with Gasteiger partial charge in [0.25, 0.3) is 0 Å². The van der Waals surface area contributed by atoms with E-state index >= 15 is 0 Å². The van der Waals surface area contributed by atoms with E-state index in [0.717, 1.165) is 0 Å². The smallest absolute Gasteiger partial charge is 0.410 e. The Kier molecular flexibility index (Phi) is 4.41. The molecule has 0 spiro atoms. The number of amides is 1. The van der Waals surface area contributed by atoms with Crippen molar-refractivity contribution in [3.63, 3.8) is 0 Å². The van der Waals surface area contributed by atoms with E-state index < -0.39 is 5.60 Å². The first kappa shape index (κ1) is 13.9. The number of ether oxygens (including phenoxy) is 2. The average molecular weight is 239 g/mol. The van der Waals surface area contributed by atoms with Gasteiger partial charge in [-0.3, -0.25) is 0 Å². The minimum Gasteiger partial charge on any atom is -0.444 e. The minimum absolute atomic E-state index is 0.0578. The first-order valence-corrected chi connectivity index (χ1v) is 5.80. The molecule has 0 unspecified atom stereocenters. The van der Waals surface area contributed by atoms with E-state index in [4.69, 9.17) is 15.9 Å². The summed E-state index contributed by atoms with van der Waals surface area (Å²) < 4.78 is 10.4. The van der Waals surface area contributed by atoms with Crippen LogP contribution in [0.4, 0.5) is 4.79 Å². The standard InChI is InChI=1S/C13H21NO3/c1-6-10-7-14(8-11(10)9-16-5)12(15)17-13(2,3)4/h1,10-11H,7-9H2,2-5H3/t10-,11-/m1/s1. The van der Waals surface area contributed by atoms with E-state index in [1.165, 1.54) is 0 Å². The Morgan fingerprint density at radius 3 is 2.59 bits per heavy atom. The van der Waals surface area contributed by atoms with Crippen LogP contribution in [0.2, 0.25) is 0 Å². The Hall–Kier alpha value is -1.21. The van der Waals surface area contributed by atoms with Gasteiger partial charge in [0.2, 0.25) is 0 Å². The highest BCUT2D eigenvalue weighted by atomic mass is 16.6. The van der Waals surface area contributed by atoms with Crippen LogP contribution in [0.1, 0.15) is 20.8 Å². The molecule has 2 atom stereocenters. The number of carbonyl (C=O) groups excluding carboxylic acids is 1. The zero-order chi connectivity index (χ0) is 13.1. The van der Waals surface area contributed by atoms with Gasteiger partial charge in [0.05, 0.1) is 6.61 Å². The fourth-order valence-electron chi connectivity index (χ4n) is 1.92. The molecule has 1 aliphatic heterocycles. The van der Waals surface area contributed by atoms with Crippen LogP contribution in [0.15, 0.2) is 0 Å². The third kappa shape index (κ3) is 3.94. The maximum atomic E-state index is 11.9. The van der Waals surface area contributed by atoms with E-state index in [2.05, 4.69) is 5.92 Å². The molecule has 17 heavy (non-hydrogen) atoms. The summed E-state index contributed by atoms with van der Waals surface area (Å²) in [6.45, 7) is 7.30. The fraction of sp³-hybridized carbons (Fsp3) is 0.769. The summed E-state index contributed by atoms with van der Waals surface area (Å²) in [6, 6.07) is 0. The van der Waals surface area contributed by atoms with Crippen molar-refractivity contribution in [3.05, 3.63) is 0 Å². The van der Waals surface area contributed by atoms with Gasteiger partial charge >= 0.3 is 6.09 Å². The lowest BCUT2D eigenvalue weighted by molar-refractivity contribution is 0.0279. The van der Waals surface area contributed by atoms with Crippen molar-refractivity contribution in [3.8, 4) is 12.3 Å². The molecule has 0 aliphatic carbocycles. The molecule has 1 saturated heterocycles. The van der Waals surface area contributed by atoms with E-state index in [1.807, 2.05) is 20.8 Å². The van der Waals surface area contributed by atoms with Crippen molar-refractivity contribution in [2.75, 3.05) is 26.8 Å². The van der Waals surface area contributed by atoms with Crippen LogP contribution in [0.25, 0.3) is 0 Å². The van der Waals surface area contributed by atoms with Crippen molar-refractivity contribution in [2.24, 2.45) is 11.8 Å². The molecular formula is C13H21NO3. The maximum absolute atomic E-state index is 11.9. The number of carbonyl (C=O) groups is 1. The number of hydrogen-bond donors (Lipinski definition) is 0. The predicted molar refractivity (Wildman–Crippen MR) is 65.5 cm³/mol. The van der Waals surface area contributed by atoms with Crippen LogP contribution in [0, 0.1) is 24.2 Å². The average Bonchev–Trinajstić information content (AvgIpc) is 2.59. The lowest BCUT2D eigenvalue weighted by atomic mass is 9.98. The topological polar surface area (TPSA) is 38.8 Å². The highest BCUT2D eigenvalue weighted by Gasteiger charge is 2.36. The Bertz CT molecular complexity index is 314. The molecular weight excluding hydrogens is 218 g/mol. The normalized spacial score (nSPS) is 24.5. The molecule has 0 aromatic carbocycles. The summed E-state index contributed by atoms with van der Waals surface area (Å²) in [7, 11) is 1.64. The Morgan fingerprint density at radius 2 is 2.12 bits per heavy atom. The number of likely N-dealkylation sites (tertiary alicyclic amines) is 1. The van der Waals surface area contributed by atoms with Gasteiger partial charge in [-0.2, -0.15) is 0 Å². The third-order valence-electron chi connectivity index (χ3n) is 2.69. The minimum atomic E-state index is -0.470. The highest BCUT2D eigenvalue weighted by Crippen LogP contribution is 2.24. The SMILES string of the molecule is C#C[C@@H]1CN(C(=O)OC(C)(C)C)C[C@@H]1COC. The van der Waals surface area contributed by atoms with Gasteiger partial charge in [0.15, 0.2) is 0 Å². The molecule has 4 heteroatoms. The van der Waals surface area contributed by atoms with Crippen LogP contribution in [0.3, 0.4) is 0 Å². The maximum Gasteiger partial charge on any atom is 0.410 e. The molecule has 0 radical (unpaired) electrons. The zero-order valence-corrected chi connectivity index (χ0v) is 11.0. The first-order chi connectivity index (χ1) is 7.87. The van der Waals surface area contributed by atoms with Gasteiger partial charge in [-0.1, -0.05) is 0 Å². The van der Waals surface area contributed by atoms with Gasteiger partial charge in [-0.15, -0.1) is 12.3 Å². The van der Waals surface area contributed by atoms with Crippen LogP contribution in [-0.2, 0) is 9.47 Å². The van der Waals surface area contributed by atoms with E-state index in [-0.39, 0.29) is 17.9 Å². The molecule has 1 rings (SSSR count). The van der Waals surface area contributed by atoms with Crippen molar-refractivity contribution >= 4 is 6.09 Å². The quantitative estimate of drug-likeness (QED) is 0.689. The summed E-state index contributed by atoms with van der Waals surface area (Å²) in [5.41, 5.74) is -0.470. The van der Waals surface area contributed by atoms with Crippen molar-refractivity contribution in [1.29, 1.82) is 0 Å². The molecule has 0 aromatic heterocycles. The molecule has 96 valence electrons. The fourth-order valence-corrected chi connectivity index (χ4v) is 1.92. The number of rotatable bonds is 2. The molecule has 0 saturated carbocycles.